The molecule has 3 N–H and O–H groups in total. The van der Waals surface area contributed by atoms with E-state index in [2.05, 4.69) is 14.8 Å². The summed E-state index contributed by atoms with van der Waals surface area (Å²) >= 11 is 0. The lowest BCUT2D eigenvalue weighted by Gasteiger charge is -2.11. The molecule has 0 saturated carbocycles. The molecular weight excluding hydrogens is 448 g/mol. The fourth-order valence-corrected chi connectivity index (χ4v) is 3.08. The van der Waals surface area contributed by atoms with Crippen LogP contribution in [0.3, 0.4) is 0 Å². The Morgan fingerprint density at radius 2 is 1.71 bits per heavy atom. The summed E-state index contributed by atoms with van der Waals surface area (Å²) in [5, 5.41) is 7.46. The molecule has 0 aromatic heterocycles. The summed E-state index contributed by atoms with van der Waals surface area (Å²) in [6, 6.07) is 6.71. The minimum atomic E-state index is -4.14. The first kappa shape index (κ1) is 24.0. The van der Waals surface area contributed by atoms with E-state index in [-0.39, 0.29) is 21.9 Å². The molecule has 0 unspecified atom stereocenters. The third kappa shape index (κ3) is 7.15. The van der Waals surface area contributed by atoms with E-state index in [1.807, 2.05) is 0 Å². The Kier molecular flexibility index (Phi) is 7.83. The first-order valence-corrected chi connectivity index (χ1v) is 9.78. The van der Waals surface area contributed by atoms with Gasteiger partial charge in [0, 0.05) is 23.4 Å². The molecule has 168 valence electrons. The van der Waals surface area contributed by atoms with Crippen molar-refractivity contribution >= 4 is 27.7 Å². The first-order chi connectivity index (χ1) is 14.5. The van der Waals surface area contributed by atoms with Crippen LogP contribution in [-0.2, 0) is 14.8 Å². The number of carbonyl (C=O) groups excluding carboxylic acids is 1. The number of nitrogens with one attached hydrogen (secondary N) is 1. The van der Waals surface area contributed by atoms with E-state index in [0.29, 0.717) is 0 Å². The highest BCUT2D eigenvalue weighted by Gasteiger charge is 2.16. The Morgan fingerprint density at radius 3 is 2.29 bits per heavy atom. The maximum absolute atomic E-state index is 12.6. The Bertz CT molecular complexity index is 1080. The molecule has 0 atom stereocenters. The van der Waals surface area contributed by atoms with E-state index in [4.69, 9.17) is 9.88 Å². The van der Waals surface area contributed by atoms with Crippen molar-refractivity contribution in [3.63, 3.8) is 0 Å². The monoisotopic (exact) mass is 464 g/mol. The highest BCUT2D eigenvalue weighted by Crippen LogP contribution is 2.29. The molecule has 0 fully saturated rings. The van der Waals surface area contributed by atoms with Gasteiger partial charge in [-0.2, -0.15) is 17.6 Å². The maximum Gasteiger partial charge on any atom is 0.387 e. The van der Waals surface area contributed by atoms with Gasteiger partial charge in [-0.3, -0.25) is 4.79 Å². The van der Waals surface area contributed by atoms with E-state index in [0.717, 1.165) is 36.4 Å². The van der Waals surface area contributed by atoms with Crippen LogP contribution in [0.4, 0.5) is 23.2 Å². The molecule has 2 aromatic carbocycles. The number of hydrogen-bond donors (Lipinski definition) is 2. The Labute approximate surface area is 174 Å². The van der Waals surface area contributed by atoms with Crippen LogP contribution in [-0.4, -0.2) is 34.7 Å². The van der Waals surface area contributed by atoms with Gasteiger partial charge in [0.15, 0.2) is 0 Å². The summed E-state index contributed by atoms with van der Waals surface area (Å²) in [4.78, 5) is 11.8. The van der Waals surface area contributed by atoms with Crippen molar-refractivity contribution in [3.8, 4) is 17.2 Å². The van der Waals surface area contributed by atoms with Crippen molar-refractivity contribution in [3.05, 3.63) is 48.0 Å². The number of alkyl halides is 4. The highest BCUT2D eigenvalue weighted by atomic mass is 32.2. The van der Waals surface area contributed by atoms with Gasteiger partial charge in [0.25, 0.3) is 0 Å². The third-order valence-electron chi connectivity index (χ3n) is 3.58. The van der Waals surface area contributed by atoms with Crippen LogP contribution in [0, 0.1) is 0 Å². The van der Waals surface area contributed by atoms with Gasteiger partial charge in [0.1, 0.15) is 22.1 Å². The molecule has 13 heteroatoms. The van der Waals surface area contributed by atoms with Crippen molar-refractivity contribution < 1.29 is 45.0 Å². The van der Waals surface area contributed by atoms with Gasteiger partial charge < -0.3 is 19.5 Å². The normalized spacial score (nSPS) is 11.7. The summed E-state index contributed by atoms with van der Waals surface area (Å²) in [6.07, 6.45) is 2.02. The number of carbonyl (C=O) groups is 1. The van der Waals surface area contributed by atoms with Gasteiger partial charge in [-0.05, 0) is 36.4 Å². The Hall–Kier alpha value is -3.32. The van der Waals surface area contributed by atoms with E-state index in [1.54, 1.807) is 0 Å². The first-order valence-electron chi connectivity index (χ1n) is 8.23. The average molecular weight is 464 g/mol. The van der Waals surface area contributed by atoms with Gasteiger partial charge in [-0.15, -0.1) is 0 Å². The molecule has 0 aliphatic rings. The lowest BCUT2D eigenvalue weighted by Crippen LogP contribution is -2.15. The number of benzene rings is 2. The molecule has 31 heavy (non-hydrogen) atoms. The second-order valence-electron chi connectivity index (χ2n) is 5.69. The minimum Gasteiger partial charge on any atom is -0.495 e. The van der Waals surface area contributed by atoms with Crippen molar-refractivity contribution in [2.24, 2.45) is 5.14 Å². The third-order valence-corrected chi connectivity index (χ3v) is 4.51. The SMILES string of the molecule is COc1ccc(NC(=O)/C=C/c2ccc(OC(F)F)cc2OC(F)F)cc1S(N)(=O)=O. The number of amides is 1. The van der Waals surface area contributed by atoms with Crippen molar-refractivity contribution in [2.45, 2.75) is 18.1 Å². The van der Waals surface area contributed by atoms with Gasteiger partial charge in [0.2, 0.25) is 15.9 Å². The van der Waals surface area contributed by atoms with Crippen molar-refractivity contribution in [1.29, 1.82) is 0 Å². The fourth-order valence-electron chi connectivity index (χ4n) is 2.35. The molecule has 2 aromatic rings. The van der Waals surface area contributed by atoms with E-state index in [1.165, 1.54) is 19.2 Å². The standard InChI is InChI=1S/C18H16F4N2O6S/c1-28-13-6-4-11(8-15(13)31(23,26)27)24-16(25)7-3-10-2-5-12(29-17(19)20)9-14(10)30-18(21)22/h2-9,17-18H,1H3,(H,24,25)(H2,23,26,27)/b7-3+. The average Bonchev–Trinajstić information content (AvgIpc) is 2.65. The van der Waals surface area contributed by atoms with Crippen LogP contribution >= 0.6 is 0 Å². The molecule has 2 rings (SSSR count). The quantitative estimate of drug-likeness (QED) is 0.435. The second-order valence-corrected chi connectivity index (χ2v) is 7.22. The topological polar surface area (TPSA) is 117 Å². The van der Waals surface area contributed by atoms with Crippen LogP contribution in [0.1, 0.15) is 5.56 Å². The molecule has 8 nitrogen and oxygen atoms in total. The number of anilines is 1. The number of sulfonamides is 1. The largest absolute Gasteiger partial charge is 0.495 e. The van der Waals surface area contributed by atoms with Crippen molar-refractivity contribution in [2.75, 3.05) is 12.4 Å². The lowest BCUT2D eigenvalue weighted by atomic mass is 10.1. The smallest absolute Gasteiger partial charge is 0.387 e. The summed E-state index contributed by atoms with van der Waals surface area (Å²) in [5.41, 5.74) is 0.0289. The number of primary sulfonamides is 1. The molecule has 0 spiro atoms. The van der Waals surface area contributed by atoms with Crippen LogP contribution in [0.2, 0.25) is 0 Å². The van der Waals surface area contributed by atoms with Gasteiger partial charge in [0.05, 0.1) is 7.11 Å². The molecule has 0 aliphatic heterocycles. The predicted octanol–water partition coefficient (Wildman–Crippen LogP) is 3.20. The van der Waals surface area contributed by atoms with E-state index in [9.17, 15) is 30.8 Å². The van der Waals surface area contributed by atoms with Crippen LogP contribution in [0.5, 0.6) is 17.2 Å². The van der Waals surface area contributed by atoms with E-state index < -0.39 is 40.7 Å². The molecule has 0 radical (unpaired) electrons. The molecule has 1 amide bonds. The molecule has 0 saturated heterocycles. The Balaban J connectivity index is 2.23. The number of hydrogen-bond acceptors (Lipinski definition) is 6. The number of halogens is 4. The summed E-state index contributed by atoms with van der Waals surface area (Å²) in [7, 11) is -2.90. The minimum absolute atomic E-state index is 0.0305. The molecule has 0 aliphatic carbocycles. The van der Waals surface area contributed by atoms with Gasteiger partial charge in [-0.25, -0.2) is 13.6 Å². The van der Waals surface area contributed by atoms with Gasteiger partial charge in [-0.1, -0.05) is 0 Å². The van der Waals surface area contributed by atoms with Crippen LogP contribution in [0.25, 0.3) is 6.08 Å². The highest BCUT2D eigenvalue weighted by molar-refractivity contribution is 7.89. The lowest BCUT2D eigenvalue weighted by molar-refractivity contribution is -0.111. The molecule has 0 heterocycles. The van der Waals surface area contributed by atoms with Gasteiger partial charge >= 0.3 is 13.2 Å². The van der Waals surface area contributed by atoms with Crippen LogP contribution in [0.15, 0.2) is 47.4 Å². The zero-order valence-corrected chi connectivity index (χ0v) is 16.5. The fraction of sp³-hybridized carbons (Fsp3) is 0.167. The zero-order valence-electron chi connectivity index (χ0n) is 15.7. The summed E-state index contributed by atoms with van der Waals surface area (Å²) in [6.45, 7) is -6.42. The van der Waals surface area contributed by atoms with Crippen molar-refractivity contribution in [1.82, 2.24) is 0 Å². The number of ether oxygens (including phenoxy) is 3. The zero-order chi connectivity index (χ0) is 23.2. The van der Waals surface area contributed by atoms with E-state index >= 15 is 0 Å². The summed E-state index contributed by atoms with van der Waals surface area (Å²) < 4.78 is 86.3. The number of rotatable bonds is 9. The maximum atomic E-state index is 12.6. The number of nitrogens with two attached hydrogens (primary N) is 1. The predicted molar refractivity (Wildman–Crippen MR) is 102 cm³/mol. The Morgan fingerprint density at radius 1 is 1.03 bits per heavy atom. The number of methoxy groups -OCH3 is 1. The second kappa shape index (κ2) is 10.1. The molecular formula is C18H16F4N2O6S. The molecule has 0 bridgehead atoms. The summed E-state index contributed by atoms with van der Waals surface area (Å²) in [5.74, 6) is -1.71. The van der Waals surface area contributed by atoms with Crippen LogP contribution < -0.4 is 24.7 Å².